The third-order valence-electron chi connectivity index (χ3n) is 2.60. The van der Waals surface area contributed by atoms with Gasteiger partial charge in [-0.05, 0) is 31.0 Å². The van der Waals surface area contributed by atoms with Crippen LogP contribution in [-0.4, -0.2) is 18.6 Å². The van der Waals surface area contributed by atoms with Gasteiger partial charge in [-0.1, -0.05) is 31.9 Å². The van der Waals surface area contributed by atoms with Crippen LogP contribution in [0.4, 0.5) is 5.69 Å². The highest BCUT2D eigenvalue weighted by atomic mass is 35.5. The number of nitrogens with one attached hydrogen (secondary N) is 1. The molecule has 3 N–H and O–H groups in total. The number of ether oxygens (including phenoxy) is 1. The van der Waals surface area contributed by atoms with Crippen molar-refractivity contribution in [2.45, 2.75) is 39.2 Å². The Morgan fingerprint density at radius 2 is 2.16 bits per heavy atom. The maximum absolute atomic E-state index is 11.9. The minimum Gasteiger partial charge on any atom is -0.491 e. The van der Waals surface area contributed by atoms with Gasteiger partial charge in [0.1, 0.15) is 5.75 Å². The molecule has 5 heteroatoms. The lowest BCUT2D eigenvalue weighted by Gasteiger charge is -2.15. The van der Waals surface area contributed by atoms with E-state index in [2.05, 4.69) is 5.32 Å². The molecule has 1 atom stereocenters. The number of hydrogen-bond acceptors (Lipinski definition) is 3. The summed E-state index contributed by atoms with van der Waals surface area (Å²) in [7, 11) is 0. The molecule has 0 aliphatic heterocycles. The van der Waals surface area contributed by atoms with Crippen LogP contribution in [0, 0.1) is 0 Å². The van der Waals surface area contributed by atoms with Crippen LogP contribution in [0.2, 0.25) is 5.02 Å². The predicted octanol–water partition coefficient (Wildman–Crippen LogP) is 3.19. The lowest BCUT2D eigenvalue weighted by Crippen LogP contribution is -2.35. The number of halogens is 1. The summed E-state index contributed by atoms with van der Waals surface area (Å²) in [6, 6.07) is 4.64. The van der Waals surface area contributed by atoms with Gasteiger partial charge in [-0.3, -0.25) is 4.79 Å². The summed E-state index contributed by atoms with van der Waals surface area (Å²) < 4.78 is 5.57. The molecule has 0 fully saturated rings. The van der Waals surface area contributed by atoms with Crippen LogP contribution in [0.25, 0.3) is 0 Å². The Labute approximate surface area is 119 Å². The second-order valence-corrected chi connectivity index (χ2v) is 4.81. The van der Waals surface area contributed by atoms with Crippen LogP contribution >= 0.6 is 11.6 Å². The van der Waals surface area contributed by atoms with E-state index in [1.165, 1.54) is 0 Å². The zero-order valence-electron chi connectivity index (χ0n) is 11.4. The molecule has 0 aliphatic carbocycles. The van der Waals surface area contributed by atoms with Crippen molar-refractivity contribution in [2.75, 3.05) is 11.9 Å². The molecule has 0 saturated heterocycles. The van der Waals surface area contributed by atoms with Gasteiger partial charge in [0.05, 0.1) is 18.3 Å². The zero-order valence-corrected chi connectivity index (χ0v) is 12.2. The fourth-order valence-electron chi connectivity index (χ4n) is 1.61. The van der Waals surface area contributed by atoms with E-state index in [1.807, 2.05) is 13.8 Å². The molecule has 0 saturated carbocycles. The van der Waals surface area contributed by atoms with Gasteiger partial charge in [0.2, 0.25) is 5.91 Å². The molecule has 19 heavy (non-hydrogen) atoms. The maximum Gasteiger partial charge on any atom is 0.241 e. The summed E-state index contributed by atoms with van der Waals surface area (Å²) in [6.07, 6.45) is 2.41. The Balaban J connectivity index is 2.79. The summed E-state index contributed by atoms with van der Waals surface area (Å²) in [5, 5.41) is 3.32. The first-order valence-electron chi connectivity index (χ1n) is 6.57. The Kier molecular flexibility index (Phi) is 6.67. The molecule has 1 aromatic rings. The van der Waals surface area contributed by atoms with Gasteiger partial charge in [0.25, 0.3) is 0 Å². The van der Waals surface area contributed by atoms with Crippen molar-refractivity contribution in [1.29, 1.82) is 0 Å². The summed E-state index contributed by atoms with van der Waals surface area (Å²) in [6.45, 7) is 4.60. The molecular weight excluding hydrogens is 264 g/mol. The smallest absolute Gasteiger partial charge is 0.241 e. The van der Waals surface area contributed by atoms with Crippen molar-refractivity contribution < 1.29 is 9.53 Å². The van der Waals surface area contributed by atoms with Crippen LogP contribution in [0.5, 0.6) is 5.75 Å². The number of carbonyl (C=O) groups is 1. The highest BCUT2D eigenvalue weighted by Gasteiger charge is 2.15. The first-order chi connectivity index (χ1) is 9.08. The molecule has 0 aliphatic rings. The van der Waals surface area contributed by atoms with Gasteiger partial charge in [0, 0.05) is 5.02 Å². The lowest BCUT2D eigenvalue weighted by atomic mass is 10.1. The first-order valence-corrected chi connectivity index (χ1v) is 6.95. The van der Waals surface area contributed by atoms with Crippen LogP contribution in [0.3, 0.4) is 0 Å². The van der Waals surface area contributed by atoms with Crippen LogP contribution in [-0.2, 0) is 4.79 Å². The SMILES string of the molecule is CCCOc1ccc(Cl)cc1NC(=O)[C@@H](N)CCC. The zero-order chi connectivity index (χ0) is 14.3. The van der Waals surface area contributed by atoms with E-state index >= 15 is 0 Å². The summed E-state index contributed by atoms with van der Waals surface area (Å²) >= 11 is 5.94. The van der Waals surface area contributed by atoms with Crippen LogP contribution in [0.15, 0.2) is 18.2 Å². The number of rotatable bonds is 7. The van der Waals surface area contributed by atoms with Gasteiger partial charge in [0.15, 0.2) is 0 Å². The largest absolute Gasteiger partial charge is 0.491 e. The van der Waals surface area contributed by atoms with E-state index in [0.717, 1.165) is 12.8 Å². The molecule has 0 unspecified atom stereocenters. The van der Waals surface area contributed by atoms with Crippen LogP contribution in [0.1, 0.15) is 33.1 Å². The van der Waals surface area contributed by atoms with Gasteiger partial charge < -0.3 is 15.8 Å². The van der Waals surface area contributed by atoms with E-state index < -0.39 is 6.04 Å². The van der Waals surface area contributed by atoms with Gasteiger partial charge in [-0.15, -0.1) is 0 Å². The molecule has 1 rings (SSSR count). The van der Waals surface area contributed by atoms with Crippen molar-refractivity contribution in [1.82, 2.24) is 0 Å². The summed E-state index contributed by atoms with van der Waals surface area (Å²) in [5.41, 5.74) is 6.35. The minimum absolute atomic E-state index is 0.217. The third-order valence-corrected chi connectivity index (χ3v) is 2.83. The fourth-order valence-corrected chi connectivity index (χ4v) is 1.78. The molecule has 0 bridgehead atoms. The summed E-state index contributed by atoms with van der Waals surface area (Å²) in [5.74, 6) is 0.397. The van der Waals surface area contributed by atoms with E-state index in [9.17, 15) is 4.79 Å². The van der Waals surface area contributed by atoms with Gasteiger partial charge in [-0.2, -0.15) is 0 Å². The fraction of sp³-hybridized carbons (Fsp3) is 0.500. The highest BCUT2D eigenvalue weighted by molar-refractivity contribution is 6.31. The number of carbonyl (C=O) groups excluding carboxylic acids is 1. The third kappa shape index (κ3) is 5.09. The number of benzene rings is 1. The molecular formula is C14H21ClN2O2. The number of nitrogens with two attached hydrogens (primary N) is 1. The second kappa shape index (κ2) is 8.02. The number of hydrogen-bond donors (Lipinski definition) is 2. The maximum atomic E-state index is 11.9. The molecule has 106 valence electrons. The van der Waals surface area contributed by atoms with Crippen molar-refractivity contribution in [3.05, 3.63) is 23.2 Å². The predicted molar refractivity (Wildman–Crippen MR) is 78.8 cm³/mol. The van der Waals surface area contributed by atoms with E-state index in [4.69, 9.17) is 22.1 Å². The van der Waals surface area contributed by atoms with Crippen LogP contribution < -0.4 is 15.8 Å². The average Bonchev–Trinajstić information content (AvgIpc) is 2.38. The Morgan fingerprint density at radius 3 is 2.79 bits per heavy atom. The average molecular weight is 285 g/mol. The van der Waals surface area contributed by atoms with Crippen molar-refractivity contribution >= 4 is 23.2 Å². The molecule has 1 amide bonds. The number of amides is 1. The summed E-state index contributed by atoms with van der Waals surface area (Å²) in [4.78, 5) is 11.9. The van der Waals surface area contributed by atoms with Gasteiger partial charge >= 0.3 is 0 Å². The van der Waals surface area contributed by atoms with E-state index in [-0.39, 0.29) is 5.91 Å². The van der Waals surface area contributed by atoms with E-state index in [1.54, 1.807) is 18.2 Å². The highest BCUT2D eigenvalue weighted by Crippen LogP contribution is 2.28. The monoisotopic (exact) mass is 284 g/mol. The molecule has 4 nitrogen and oxygen atoms in total. The Morgan fingerprint density at radius 1 is 1.42 bits per heavy atom. The molecule has 0 aromatic heterocycles. The first kappa shape index (κ1) is 15.8. The Hall–Kier alpha value is -1.26. The van der Waals surface area contributed by atoms with E-state index in [0.29, 0.717) is 29.5 Å². The normalized spacial score (nSPS) is 12.0. The van der Waals surface area contributed by atoms with Crippen molar-refractivity contribution in [3.63, 3.8) is 0 Å². The number of anilines is 1. The quantitative estimate of drug-likeness (QED) is 0.808. The molecule has 1 aromatic carbocycles. The Bertz CT molecular complexity index is 424. The lowest BCUT2D eigenvalue weighted by molar-refractivity contribution is -0.117. The standard InChI is InChI=1S/C14H21ClN2O2/c1-3-5-11(16)14(18)17-12-9-10(15)6-7-13(12)19-8-4-2/h6-7,9,11H,3-5,8,16H2,1-2H3,(H,17,18)/t11-/m0/s1. The van der Waals surface area contributed by atoms with Crippen molar-refractivity contribution in [2.24, 2.45) is 5.73 Å². The van der Waals surface area contributed by atoms with Gasteiger partial charge in [-0.25, -0.2) is 0 Å². The minimum atomic E-state index is -0.511. The topological polar surface area (TPSA) is 64.3 Å². The molecule has 0 radical (unpaired) electrons. The molecule has 0 heterocycles. The molecule has 0 spiro atoms. The van der Waals surface area contributed by atoms with Crippen molar-refractivity contribution in [3.8, 4) is 5.75 Å². The second-order valence-electron chi connectivity index (χ2n) is 4.37.